The van der Waals surface area contributed by atoms with E-state index in [-0.39, 0.29) is 5.91 Å². The number of nitrogens with zero attached hydrogens (tertiary/aromatic N) is 2. The number of aromatic amines is 1. The number of H-pyrrole nitrogens is 1. The first-order chi connectivity index (χ1) is 19.4. The molecule has 0 saturated heterocycles. The number of nitrogens with one attached hydrogen (secondary N) is 3. The van der Waals surface area contributed by atoms with E-state index >= 15 is 0 Å². The number of carbonyl (C=O) groups excluding carboxylic acids is 2. The molecule has 8 heteroatoms. The van der Waals surface area contributed by atoms with Gasteiger partial charge in [0.1, 0.15) is 5.01 Å². The molecule has 0 fully saturated rings. The Bertz CT molecular complexity index is 1500. The summed E-state index contributed by atoms with van der Waals surface area (Å²) in [5.74, 6) is -0.0704. The molecule has 4 aromatic rings. The smallest absolute Gasteiger partial charge is 0.253 e. The first kappa shape index (κ1) is 29.0. The second-order valence-corrected chi connectivity index (χ2v) is 10.6. The summed E-state index contributed by atoms with van der Waals surface area (Å²) in [5.41, 5.74) is 8.79. The van der Waals surface area contributed by atoms with Gasteiger partial charge in [-0.15, -0.1) is 11.3 Å². The van der Waals surface area contributed by atoms with Gasteiger partial charge in [-0.2, -0.15) is 0 Å². The van der Waals surface area contributed by atoms with Crippen molar-refractivity contribution in [2.24, 2.45) is 0 Å². The molecule has 0 aliphatic rings. The molecule has 3 N–H and O–H groups in total. The Hall–Kier alpha value is -4.01. The molecular weight excluding hydrogens is 518 g/mol. The van der Waals surface area contributed by atoms with E-state index in [0.717, 1.165) is 69.6 Å². The summed E-state index contributed by atoms with van der Waals surface area (Å²) in [6, 6.07) is 16.0. The van der Waals surface area contributed by atoms with Crippen molar-refractivity contribution in [2.45, 2.75) is 34.6 Å². The SMILES string of the molecule is CCN(CC)CCNC(=O)c1c(C)[nH]c(/C=C(\C)c2cc(-c3nc(-c4ccccc4)cs3)ccc2NC=O)c1C. The van der Waals surface area contributed by atoms with Crippen molar-refractivity contribution in [3.8, 4) is 21.8 Å². The zero-order valence-electron chi connectivity index (χ0n) is 23.8. The maximum atomic E-state index is 13.0. The van der Waals surface area contributed by atoms with Gasteiger partial charge in [-0.1, -0.05) is 44.2 Å². The summed E-state index contributed by atoms with van der Waals surface area (Å²) in [6.45, 7) is 13.5. The van der Waals surface area contributed by atoms with Crippen LogP contribution in [0.3, 0.4) is 0 Å². The molecule has 0 bridgehead atoms. The average Bonchev–Trinajstić information content (AvgIpc) is 3.56. The number of aromatic nitrogens is 2. The number of carbonyl (C=O) groups is 2. The van der Waals surface area contributed by atoms with Crippen LogP contribution in [-0.2, 0) is 4.79 Å². The van der Waals surface area contributed by atoms with Crippen LogP contribution in [0, 0.1) is 13.8 Å². The Balaban J connectivity index is 1.61. The standard InChI is InChI=1S/C32H37N5O2S/c1-6-37(7-2)16-15-33-31(39)30-22(4)28(35-23(30)5)17-21(3)26-18-25(13-14-27(26)34-20-38)32-36-29(19-40-32)24-11-9-8-10-12-24/h8-14,17-20,35H,6-7,15-16H2,1-5H3,(H,33,39)(H,34,38)/b21-17+. The quantitative estimate of drug-likeness (QED) is 0.171. The van der Waals surface area contributed by atoms with E-state index in [4.69, 9.17) is 4.98 Å². The van der Waals surface area contributed by atoms with Gasteiger partial charge in [-0.3, -0.25) is 9.59 Å². The van der Waals surface area contributed by atoms with Gasteiger partial charge in [0.05, 0.1) is 11.3 Å². The molecule has 0 unspecified atom stereocenters. The van der Waals surface area contributed by atoms with Crippen molar-refractivity contribution in [2.75, 3.05) is 31.5 Å². The molecule has 0 atom stereocenters. The first-order valence-corrected chi connectivity index (χ1v) is 14.5. The minimum absolute atomic E-state index is 0.0704. The molecule has 7 nitrogen and oxygen atoms in total. The van der Waals surface area contributed by atoms with Crippen LogP contribution in [0.5, 0.6) is 0 Å². The summed E-state index contributed by atoms with van der Waals surface area (Å²) < 4.78 is 0. The van der Waals surface area contributed by atoms with Crippen molar-refractivity contribution in [1.82, 2.24) is 20.2 Å². The number of anilines is 1. The predicted octanol–water partition coefficient (Wildman–Crippen LogP) is 6.62. The summed E-state index contributed by atoms with van der Waals surface area (Å²) in [7, 11) is 0. The minimum atomic E-state index is -0.0704. The molecule has 208 valence electrons. The number of hydrogen-bond acceptors (Lipinski definition) is 5. The Kier molecular flexibility index (Phi) is 9.69. The number of amides is 2. The van der Waals surface area contributed by atoms with Crippen molar-refractivity contribution < 1.29 is 9.59 Å². The molecule has 0 radical (unpaired) electrons. The summed E-state index contributed by atoms with van der Waals surface area (Å²) >= 11 is 1.59. The van der Waals surface area contributed by atoms with Gasteiger partial charge in [-0.25, -0.2) is 4.98 Å². The van der Waals surface area contributed by atoms with Crippen LogP contribution < -0.4 is 10.6 Å². The van der Waals surface area contributed by atoms with Gasteiger partial charge >= 0.3 is 0 Å². The van der Waals surface area contributed by atoms with E-state index in [1.165, 1.54) is 0 Å². The van der Waals surface area contributed by atoms with E-state index in [1.54, 1.807) is 11.3 Å². The third kappa shape index (κ3) is 6.58. The second-order valence-electron chi connectivity index (χ2n) is 9.70. The number of rotatable bonds is 12. The topological polar surface area (TPSA) is 90.1 Å². The average molecular weight is 556 g/mol. The largest absolute Gasteiger partial charge is 0.358 e. The zero-order chi connectivity index (χ0) is 28.6. The predicted molar refractivity (Wildman–Crippen MR) is 167 cm³/mol. The normalized spacial score (nSPS) is 11.6. The van der Waals surface area contributed by atoms with E-state index in [2.05, 4.69) is 57.9 Å². The summed E-state index contributed by atoms with van der Waals surface area (Å²) in [5, 5.41) is 8.86. The van der Waals surface area contributed by atoms with E-state index in [1.807, 2.05) is 57.2 Å². The lowest BCUT2D eigenvalue weighted by atomic mass is 10.00. The highest BCUT2D eigenvalue weighted by molar-refractivity contribution is 7.13. The lowest BCUT2D eigenvalue weighted by molar-refractivity contribution is -0.105. The van der Waals surface area contributed by atoms with E-state index in [9.17, 15) is 9.59 Å². The van der Waals surface area contributed by atoms with E-state index in [0.29, 0.717) is 24.2 Å². The Morgan fingerprint density at radius 3 is 2.52 bits per heavy atom. The highest BCUT2D eigenvalue weighted by Gasteiger charge is 2.18. The van der Waals surface area contributed by atoms with E-state index < -0.39 is 0 Å². The number of aryl methyl sites for hydroxylation is 1. The van der Waals surface area contributed by atoms with Gasteiger partial charge in [0.2, 0.25) is 6.41 Å². The van der Waals surface area contributed by atoms with Crippen LogP contribution in [0.15, 0.2) is 53.9 Å². The number of allylic oxidation sites excluding steroid dienone is 1. The number of thiazole rings is 1. The molecule has 40 heavy (non-hydrogen) atoms. The van der Waals surface area contributed by atoms with Gasteiger partial charge in [0, 0.05) is 52.2 Å². The Morgan fingerprint density at radius 2 is 1.82 bits per heavy atom. The first-order valence-electron chi connectivity index (χ1n) is 13.6. The molecule has 0 aliphatic heterocycles. The molecule has 0 aliphatic carbocycles. The molecule has 0 saturated carbocycles. The van der Waals surface area contributed by atoms with Crippen LogP contribution in [0.25, 0.3) is 33.5 Å². The molecule has 0 spiro atoms. The lowest BCUT2D eigenvalue weighted by Gasteiger charge is -2.18. The molecule has 2 aromatic carbocycles. The number of hydrogen-bond donors (Lipinski definition) is 3. The van der Waals surface area contributed by atoms with Gasteiger partial charge in [0.25, 0.3) is 5.91 Å². The third-order valence-corrected chi connectivity index (χ3v) is 8.04. The van der Waals surface area contributed by atoms with Crippen LogP contribution in [0.1, 0.15) is 53.6 Å². The fraction of sp³-hybridized carbons (Fsp3) is 0.281. The lowest BCUT2D eigenvalue weighted by Crippen LogP contribution is -2.35. The molecule has 2 amide bonds. The fourth-order valence-electron chi connectivity index (χ4n) is 4.85. The molecule has 2 aromatic heterocycles. The third-order valence-electron chi connectivity index (χ3n) is 7.15. The Morgan fingerprint density at radius 1 is 1.07 bits per heavy atom. The van der Waals surface area contributed by atoms with Crippen LogP contribution in [-0.4, -0.2) is 53.4 Å². The highest BCUT2D eigenvalue weighted by atomic mass is 32.1. The maximum absolute atomic E-state index is 13.0. The van der Waals surface area contributed by atoms with Crippen LogP contribution >= 0.6 is 11.3 Å². The highest BCUT2D eigenvalue weighted by Crippen LogP contribution is 2.34. The van der Waals surface area contributed by atoms with Crippen LogP contribution in [0.2, 0.25) is 0 Å². The van der Waals surface area contributed by atoms with Gasteiger partial charge < -0.3 is 20.5 Å². The molecule has 4 rings (SSSR count). The van der Waals surface area contributed by atoms with Gasteiger partial charge in [0.15, 0.2) is 0 Å². The minimum Gasteiger partial charge on any atom is -0.358 e. The molecule has 2 heterocycles. The fourth-order valence-corrected chi connectivity index (χ4v) is 5.68. The van der Waals surface area contributed by atoms with Crippen molar-refractivity contribution >= 4 is 41.0 Å². The number of likely N-dealkylation sites (N-methyl/N-ethyl adjacent to an activating group) is 1. The Labute approximate surface area is 240 Å². The van der Waals surface area contributed by atoms with Crippen molar-refractivity contribution in [3.05, 3.63) is 82.0 Å². The molecular formula is C32H37N5O2S. The zero-order valence-corrected chi connectivity index (χ0v) is 24.6. The summed E-state index contributed by atoms with van der Waals surface area (Å²) in [6.07, 6.45) is 2.72. The van der Waals surface area contributed by atoms with Crippen molar-refractivity contribution in [3.63, 3.8) is 0 Å². The van der Waals surface area contributed by atoms with Crippen LogP contribution in [0.4, 0.5) is 5.69 Å². The summed E-state index contributed by atoms with van der Waals surface area (Å²) in [4.78, 5) is 34.9. The number of benzene rings is 2. The second kappa shape index (κ2) is 13.4. The van der Waals surface area contributed by atoms with Crippen molar-refractivity contribution in [1.29, 1.82) is 0 Å². The maximum Gasteiger partial charge on any atom is 0.253 e. The monoisotopic (exact) mass is 555 g/mol. The van der Waals surface area contributed by atoms with Gasteiger partial charge in [-0.05, 0) is 69.3 Å².